The first-order chi connectivity index (χ1) is 17.7. The van der Waals surface area contributed by atoms with Crippen LogP contribution >= 0.6 is 0 Å². The molecule has 0 fully saturated rings. The van der Waals surface area contributed by atoms with E-state index in [1.54, 1.807) is 20.5 Å². The van der Waals surface area contributed by atoms with Crippen molar-refractivity contribution < 1.29 is 18.9 Å². The lowest BCUT2D eigenvalue weighted by atomic mass is 9.84. The van der Waals surface area contributed by atoms with Gasteiger partial charge in [-0.15, -0.1) is 0 Å². The largest absolute Gasteiger partial charge is 0.497 e. The summed E-state index contributed by atoms with van der Waals surface area (Å²) >= 11 is 0. The minimum Gasteiger partial charge on any atom is -0.497 e. The monoisotopic (exact) mass is 482 g/mol. The zero-order valence-corrected chi connectivity index (χ0v) is 20.3. The highest BCUT2D eigenvalue weighted by molar-refractivity contribution is 5.85. The smallest absolute Gasteiger partial charge is 0.226 e. The molecule has 0 saturated carbocycles. The van der Waals surface area contributed by atoms with E-state index in [9.17, 15) is 0 Å². The van der Waals surface area contributed by atoms with Gasteiger partial charge in [0, 0.05) is 11.1 Å². The number of nitrogens with zero attached hydrogens (tertiary/aromatic N) is 3. The lowest BCUT2D eigenvalue weighted by Crippen LogP contribution is -2.32. The van der Waals surface area contributed by atoms with Crippen molar-refractivity contribution in [3.63, 3.8) is 0 Å². The SMILES string of the molecule is CCOc1ccc(C2C3=C(Nc4ncnn42)c2ccccc2OC3c2ccc(OC)cc2)cc1OC. The van der Waals surface area contributed by atoms with Gasteiger partial charge in [-0.25, -0.2) is 4.68 Å². The Morgan fingerprint density at radius 1 is 0.944 bits per heavy atom. The summed E-state index contributed by atoms with van der Waals surface area (Å²) in [7, 11) is 3.31. The minimum atomic E-state index is -0.367. The predicted molar refractivity (Wildman–Crippen MR) is 136 cm³/mol. The van der Waals surface area contributed by atoms with Crippen LogP contribution in [0.1, 0.15) is 35.8 Å². The highest BCUT2D eigenvalue weighted by atomic mass is 16.5. The lowest BCUT2D eigenvalue weighted by Gasteiger charge is -2.39. The molecule has 8 nitrogen and oxygen atoms in total. The Morgan fingerprint density at radius 3 is 2.53 bits per heavy atom. The van der Waals surface area contributed by atoms with Gasteiger partial charge in [0.1, 0.15) is 30.0 Å². The standard InChI is InChI=1S/C28H26N4O4/c1-4-35-22-14-11-18(15-23(22)34-3)26-24-25(31-28-29-16-30-32(26)28)20-7-5-6-8-21(20)36-27(24)17-9-12-19(33-2)13-10-17/h5-16,26-27H,4H2,1-3H3,(H,29,30,31). The first-order valence-corrected chi connectivity index (χ1v) is 11.8. The molecule has 0 amide bonds. The molecule has 1 aromatic heterocycles. The topological polar surface area (TPSA) is 79.7 Å². The van der Waals surface area contributed by atoms with Crippen LogP contribution in [-0.2, 0) is 0 Å². The summed E-state index contributed by atoms with van der Waals surface area (Å²) < 4.78 is 25.4. The molecule has 0 bridgehead atoms. The zero-order valence-electron chi connectivity index (χ0n) is 20.3. The maximum atomic E-state index is 6.67. The maximum Gasteiger partial charge on any atom is 0.226 e. The zero-order chi connectivity index (χ0) is 24.6. The van der Waals surface area contributed by atoms with Crippen LogP contribution in [-0.4, -0.2) is 35.6 Å². The van der Waals surface area contributed by atoms with Gasteiger partial charge < -0.3 is 24.3 Å². The number of hydrogen-bond acceptors (Lipinski definition) is 7. The van der Waals surface area contributed by atoms with Crippen molar-refractivity contribution in [1.82, 2.24) is 14.8 Å². The molecule has 0 saturated heterocycles. The molecule has 0 spiro atoms. The second-order valence-electron chi connectivity index (χ2n) is 8.50. The summed E-state index contributed by atoms with van der Waals surface area (Å²) in [6, 6.07) is 21.7. The number of hydrogen-bond donors (Lipinski definition) is 1. The molecule has 2 aliphatic rings. The summed E-state index contributed by atoms with van der Waals surface area (Å²) in [6.07, 6.45) is 1.20. The number of methoxy groups -OCH3 is 2. The molecule has 3 aromatic carbocycles. The maximum absolute atomic E-state index is 6.67. The van der Waals surface area contributed by atoms with E-state index in [1.807, 2.05) is 72.3 Å². The Hall–Kier alpha value is -4.46. The third-order valence-electron chi connectivity index (χ3n) is 6.54. The number of rotatable bonds is 6. The fraction of sp³-hybridized carbons (Fsp3) is 0.214. The summed E-state index contributed by atoms with van der Waals surface area (Å²) in [4.78, 5) is 4.50. The average Bonchev–Trinajstić information content (AvgIpc) is 3.40. The molecule has 4 aromatic rings. The number of para-hydroxylation sites is 1. The van der Waals surface area contributed by atoms with E-state index >= 15 is 0 Å². The van der Waals surface area contributed by atoms with Crippen LogP contribution in [0, 0.1) is 0 Å². The second-order valence-corrected chi connectivity index (χ2v) is 8.50. The van der Waals surface area contributed by atoms with E-state index in [4.69, 9.17) is 18.9 Å². The van der Waals surface area contributed by atoms with Gasteiger partial charge in [0.2, 0.25) is 5.95 Å². The summed E-state index contributed by atoms with van der Waals surface area (Å²) in [5, 5.41) is 8.12. The predicted octanol–water partition coefficient (Wildman–Crippen LogP) is 5.25. The molecular formula is C28H26N4O4. The van der Waals surface area contributed by atoms with Crippen LogP contribution in [0.5, 0.6) is 23.0 Å². The Bertz CT molecular complexity index is 1440. The number of aromatic nitrogens is 3. The molecule has 8 heteroatoms. The third kappa shape index (κ3) is 3.53. The van der Waals surface area contributed by atoms with E-state index in [1.165, 1.54) is 0 Å². The van der Waals surface area contributed by atoms with Crippen LogP contribution in [0.3, 0.4) is 0 Å². The molecule has 2 unspecified atom stereocenters. The van der Waals surface area contributed by atoms with Gasteiger partial charge in [0.15, 0.2) is 11.5 Å². The van der Waals surface area contributed by atoms with Crippen molar-refractivity contribution in [2.45, 2.75) is 19.1 Å². The van der Waals surface area contributed by atoms with Gasteiger partial charge in [0.05, 0.1) is 26.5 Å². The van der Waals surface area contributed by atoms with Gasteiger partial charge in [-0.3, -0.25) is 0 Å². The van der Waals surface area contributed by atoms with E-state index < -0.39 is 0 Å². The number of ether oxygens (including phenoxy) is 4. The van der Waals surface area contributed by atoms with E-state index in [-0.39, 0.29) is 12.1 Å². The highest BCUT2D eigenvalue weighted by Crippen LogP contribution is 2.51. The Morgan fingerprint density at radius 2 is 1.75 bits per heavy atom. The van der Waals surface area contributed by atoms with Gasteiger partial charge in [-0.2, -0.15) is 10.1 Å². The van der Waals surface area contributed by atoms with Crippen molar-refractivity contribution in [3.05, 3.63) is 95.3 Å². The van der Waals surface area contributed by atoms with Crippen LogP contribution in [0.15, 0.2) is 78.6 Å². The summed E-state index contributed by atoms with van der Waals surface area (Å²) in [6.45, 7) is 2.50. The second kappa shape index (κ2) is 8.96. The molecule has 2 atom stereocenters. The van der Waals surface area contributed by atoms with E-state index in [0.717, 1.165) is 39.5 Å². The molecule has 0 radical (unpaired) electrons. The Kier molecular flexibility index (Phi) is 5.48. The third-order valence-corrected chi connectivity index (χ3v) is 6.54. The van der Waals surface area contributed by atoms with Gasteiger partial charge in [-0.05, 0) is 54.4 Å². The molecule has 2 aliphatic heterocycles. The van der Waals surface area contributed by atoms with E-state index in [2.05, 4.69) is 21.5 Å². The molecule has 1 N–H and O–H groups in total. The Labute approximate surface area is 209 Å². The molecule has 6 rings (SSSR count). The van der Waals surface area contributed by atoms with Crippen LogP contribution in [0.4, 0.5) is 5.95 Å². The molecular weight excluding hydrogens is 456 g/mol. The quantitative estimate of drug-likeness (QED) is 0.402. The van der Waals surface area contributed by atoms with E-state index in [0.29, 0.717) is 24.1 Å². The summed E-state index contributed by atoms with van der Waals surface area (Å²) in [5.41, 5.74) is 4.97. The van der Waals surface area contributed by atoms with Crippen molar-refractivity contribution in [3.8, 4) is 23.0 Å². The fourth-order valence-electron chi connectivity index (χ4n) is 4.92. The minimum absolute atomic E-state index is 0.288. The normalized spacial score (nSPS) is 17.8. The average molecular weight is 483 g/mol. The number of benzene rings is 3. The van der Waals surface area contributed by atoms with Crippen molar-refractivity contribution >= 4 is 11.6 Å². The van der Waals surface area contributed by atoms with Gasteiger partial charge in [-0.1, -0.05) is 30.3 Å². The lowest BCUT2D eigenvalue weighted by molar-refractivity contribution is 0.223. The van der Waals surface area contributed by atoms with Gasteiger partial charge in [0.25, 0.3) is 0 Å². The first-order valence-electron chi connectivity index (χ1n) is 11.8. The fourth-order valence-corrected chi connectivity index (χ4v) is 4.92. The van der Waals surface area contributed by atoms with Crippen LogP contribution in [0.25, 0.3) is 5.70 Å². The molecule has 182 valence electrons. The first kappa shape index (κ1) is 22.0. The molecule has 36 heavy (non-hydrogen) atoms. The highest BCUT2D eigenvalue weighted by Gasteiger charge is 2.41. The van der Waals surface area contributed by atoms with Crippen LogP contribution < -0.4 is 24.3 Å². The molecule has 0 aliphatic carbocycles. The van der Waals surface area contributed by atoms with Crippen LogP contribution in [0.2, 0.25) is 0 Å². The number of nitrogens with one attached hydrogen (secondary N) is 1. The summed E-state index contributed by atoms with van der Waals surface area (Å²) in [5.74, 6) is 3.62. The van der Waals surface area contributed by atoms with Crippen molar-refractivity contribution in [2.24, 2.45) is 0 Å². The Balaban J connectivity index is 1.57. The molecule has 3 heterocycles. The van der Waals surface area contributed by atoms with Crippen molar-refractivity contribution in [2.75, 3.05) is 26.1 Å². The van der Waals surface area contributed by atoms with Crippen molar-refractivity contribution in [1.29, 1.82) is 0 Å². The number of anilines is 1. The number of fused-ring (bicyclic) bond motifs is 3. The van der Waals surface area contributed by atoms with Gasteiger partial charge >= 0.3 is 0 Å².